The van der Waals surface area contributed by atoms with Gasteiger partial charge >= 0.3 is 0 Å². The maximum atomic E-state index is 12.9. The molecule has 2 N–H and O–H groups in total. The zero-order valence-corrected chi connectivity index (χ0v) is 46.9. The highest BCUT2D eigenvalue weighted by Gasteiger charge is 2.23. The third kappa shape index (κ3) is 53.8. The van der Waals surface area contributed by atoms with Crippen LogP contribution in [0.2, 0.25) is 0 Å². The Hall–Kier alpha value is -1.80. The van der Waals surface area contributed by atoms with Crippen LogP contribution >= 0.6 is 7.82 Å². The van der Waals surface area contributed by atoms with Gasteiger partial charge in [0.25, 0.3) is 7.82 Å². The van der Waals surface area contributed by atoms with E-state index >= 15 is 0 Å². The lowest BCUT2D eigenvalue weighted by molar-refractivity contribution is -0.870. The van der Waals surface area contributed by atoms with Crippen LogP contribution in [0, 0.1) is 0 Å². The average molecular weight is 990 g/mol. The second-order valence-electron chi connectivity index (χ2n) is 21.0. The highest BCUT2D eigenvalue weighted by Crippen LogP contribution is 2.38. The molecule has 0 aliphatic heterocycles. The number of aliphatic hydroxyl groups excluding tert-OH is 1. The lowest BCUT2D eigenvalue weighted by Gasteiger charge is -2.29. The lowest BCUT2D eigenvalue weighted by Crippen LogP contribution is -2.45. The molecule has 0 bridgehead atoms. The van der Waals surface area contributed by atoms with Crippen LogP contribution in [0.5, 0.6) is 0 Å². The first-order valence-electron chi connectivity index (χ1n) is 29.2. The second-order valence-corrected chi connectivity index (χ2v) is 22.4. The zero-order chi connectivity index (χ0) is 50.6. The molecule has 0 radical (unpaired) electrons. The van der Waals surface area contributed by atoms with Gasteiger partial charge in [-0.05, 0) is 77.0 Å². The van der Waals surface area contributed by atoms with E-state index in [0.717, 1.165) is 57.8 Å². The van der Waals surface area contributed by atoms with Crippen LogP contribution in [0.25, 0.3) is 0 Å². The van der Waals surface area contributed by atoms with Gasteiger partial charge in [-0.1, -0.05) is 242 Å². The summed E-state index contributed by atoms with van der Waals surface area (Å²) in [6, 6.07) is -0.910. The Bertz CT molecular complexity index is 1310. The molecular formula is C60H113N2O6P. The smallest absolute Gasteiger partial charge is 0.268 e. The number of aliphatic hydroxyl groups is 1. The van der Waals surface area contributed by atoms with E-state index in [1.54, 1.807) is 6.08 Å². The Kier molecular flexibility index (Phi) is 49.8. The molecule has 0 fully saturated rings. The molecule has 8 nitrogen and oxygen atoms in total. The van der Waals surface area contributed by atoms with Gasteiger partial charge in [0, 0.05) is 6.42 Å². The van der Waals surface area contributed by atoms with Gasteiger partial charge in [0.05, 0.1) is 39.9 Å². The minimum Gasteiger partial charge on any atom is -0.756 e. The lowest BCUT2D eigenvalue weighted by atomic mass is 10.0. The number of quaternary nitrogens is 1. The monoisotopic (exact) mass is 989 g/mol. The summed E-state index contributed by atoms with van der Waals surface area (Å²) in [4.78, 5) is 25.4. The van der Waals surface area contributed by atoms with E-state index in [4.69, 9.17) is 9.05 Å². The number of likely N-dealkylation sites (N-methyl/N-ethyl adjacent to an activating group) is 1. The summed E-state index contributed by atoms with van der Waals surface area (Å²) >= 11 is 0. The van der Waals surface area contributed by atoms with E-state index in [1.807, 2.05) is 27.2 Å². The van der Waals surface area contributed by atoms with E-state index in [0.29, 0.717) is 17.4 Å². The highest BCUT2D eigenvalue weighted by atomic mass is 31.2. The number of hydrogen-bond acceptors (Lipinski definition) is 6. The van der Waals surface area contributed by atoms with Gasteiger partial charge in [0.1, 0.15) is 13.2 Å². The van der Waals surface area contributed by atoms with Crippen LogP contribution in [-0.4, -0.2) is 68.5 Å². The minimum atomic E-state index is -4.61. The molecule has 0 aromatic rings. The summed E-state index contributed by atoms with van der Waals surface area (Å²) < 4.78 is 23.3. The summed E-state index contributed by atoms with van der Waals surface area (Å²) in [6.45, 7) is 4.61. The molecule has 0 aliphatic carbocycles. The van der Waals surface area contributed by atoms with Crippen molar-refractivity contribution < 1.29 is 32.9 Å². The van der Waals surface area contributed by atoms with Crippen molar-refractivity contribution in [2.75, 3.05) is 40.9 Å². The fourth-order valence-corrected chi connectivity index (χ4v) is 9.06. The molecule has 9 heteroatoms. The van der Waals surface area contributed by atoms with Gasteiger partial charge in [-0.25, -0.2) is 0 Å². The molecule has 0 spiro atoms. The Balaban J connectivity index is 4.06. The normalized spacial score (nSPS) is 14.4. The standard InChI is InChI=1S/C60H113N2O6P/c1-6-8-10-12-14-16-18-20-22-23-24-25-26-27-28-29-30-31-32-33-34-35-36-37-38-39-40-42-44-46-48-50-52-54-60(64)61-58(57-68-69(65,66)67-56-55-62(3,4)5)59(63)53-51-49-47-45-43-41-21-19-17-15-13-11-9-7-2/h17,19,24-25,27-28,43,45,51,53,58-59,63H,6-16,18,20-23,26,29-42,44,46-50,52,54-57H2,1-5H3,(H-,61,64,65,66)/b19-17+,25-24-,28-27-,45-43+,53-51+. The number of phosphoric ester groups is 1. The molecule has 0 aromatic carbocycles. The number of carbonyl (C=O) groups excluding carboxylic acids is 1. The van der Waals surface area contributed by atoms with E-state index < -0.39 is 26.6 Å². The van der Waals surface area contributed by atoms with Crippen LogP contribution in [0.1, 0.15) is 264 Å². The molecule has 0 saturated carbocycles. The summed E-state index contributed by atoms with van der Waals surface area (Å²) in [5.41, 5.74) is 0. The van der Waals surface area contributed by atoms with Gasteiger partial charge < -0.3 is 28.8 Å². The molecule has 0 aromatic heterocycles. The zero-order valence-electron chi connectivity index (χ0n) is 46.0. The van der Waals surface area contributed by atoms with Gasteiger partial charge in [-0.15, -0.1) is 0 Å². The summed E-state index contributed by atoms with van der Waals surface area (Å²) in [5.74, 6) is -0.211. The average Bonchev–Trinajstić information content (AvgIpc) is 3.31. The number of nitrogens with one attached hydrogen (secondary N) is 1. The number of rotatable bonds is 53. The number of allylic oxidation sites excluding steroid dienone is 9. The van der Waals surface area contributed by atoms with Gasteiger partial charge in [0.15, 0.2) is 0 Å². The van der Waals surface area contributed by atoms with Crippen molar-refractivity contribution in [3.05, 3.63) is 60.8 Å². The van der Waals surface area contributed by atoms with E-state index in [1.165, 1.54) is 186 Å². The molecule has 3 unspecified atom stereocenters. The molecule has 0 rings (SSSR count). The fraction of sp³-hybridized carbons (Fsp3) is 0.817. The Morgan fingerprint density at radius 2 is 0.855 bits per heavy atom. The Morgan fingerprint density at radius 3 is 1.28 bits per heavy atom. The Morgan fingerprint density at radius 1 is 0.507 bits per heavy atom. The SMILES string of the molecule is CCCCCC/C=C/CC/C=C/CC/C=C/C(O)C(COP(=O)([O-])OCC[N+](C)(C)C)NC(=O)CCCCCCCCCCCCCCCCCCC/C=C\C/C=C\CCCCCCCCCCC. The maximum absolute atomic E-state index is 12.9. The van der Waals surface area contributed by atoms with Crippen molar-refractivity contribution in [1.29, 1.82) is 0 Å². The third-order valence-electron chi connectivity index (χ3n) is 12.9. The fourth-order valence-electron chi connectivity index (χ4n) is 8.33. The molecule has 0 saturated heterocycles. The predicted molar refractivity (Wildman–Crippen MR) is 297 cm³/mol. The number of nitrogens with zero attached hydrogens (tertiary/aromatic N) is 1. The number of hydrogen-bond donors (Lipinski definition) is 2. The topological polar surface area (TPSA) is 108 Å². The molecule has 1 amide bonds. The number of unbranched alkanes of at least 4 members (excludes halogenated alkanes) is 32. The molecule has 404 valence electrons. The molecular weight excluding hydrogens is 876 g/mol. The van der Waals surface area contributed by atoms with Crippen molar-refractivity contribution in [2.24, 2.45) is 0 Å². The number of phosphoric acid groups is 1. The van der Waals surface area contributed by atoms with Gasteiger partial charge in [0.2, 0.25) is 5.91 Å². The molecule has 0 aliphatic rings. The van der Waals surface area contributed by atoms with Crippen LogP contribution in [-0.2, 0) is 18.4 Å². The summed E-state index contributed by atoms with van der Waals surface area (Å²) in [5, 5.41) is 13.8. The van der Waals surface area contributed by atoms with Crippen molar-refractivity contribution >= 4 is 13.7 Å². The quantitative estimate of drug-likeness (QED) is 0.0272. The number of carbonyl (C=O) groups is 1. The molecule has 3 atom stereocenters. The highest BCUT2D eigenvalue weighted by molar-refractivity contribution is 7.45. The van der Waals surface area contributed by atoms with E-state index in [9.17, 15) is 19.4 Å². The summed E-state index contributed by atoms with van der Waals surface area (Å²) in [7, 11) is 1.24. The molecule has 0 heterocycles. The predicted octanol–water partition coefficient (Wildman–Crippen LogP) is 17.1. The van der Waals surface area contributed by atoms with Crippen molar-refractivity contribution in [1.82, 2.24) is 5.32 Å². The minimum absolute atomic E-state index is 0.00984. The first-order valence-corrected chi connectivity index (χ1v) is 30.6. The molecule has 69 heavy (non-hydrogen) atoms. The van der Waals surface area contributed by atoms with E-state index in [2.05, 4.69) is 67.8 Å². The second kappa shape index (κ2) is 51.1. The van der Waals surface area contributed by atoms with E-state index in [-0.39, 0.29) is 12.5 Å². The van der Waals surface area contributed by atoms with Gasteiger partial charge in [-0.2, -0.15) is 0 Å². The first-order chi connectivity index (χ1) is 33.5. The van der Waals surface area contributed by atoms with Crippen LogP contribution in [0.15, 0.2) is 60.8 Å². The third-order valence-corrected chi connectivity index (χ3v) is 13.9. The maximum Gasteiger partial charge on any atom is 0.268 e. The van der Waals surface area contributed by atoms with Crippen molar-refractivity contribution in [3.8, 4) is 0 Å². The first kappa shape index (κ1) is 67.2. The van der Waals surface area contributed by atoms with Crippen LogP contribution in [0.3, 0.4) is 0 Å². The van der Waals surface area contributed by atoms with Crippen molar-refractivity contribution in [2.45, 2.75) is 276 Å². The number of amides is 1. The largest absolute Gasteiger partial charge is 0.756 e. The summed E-state index contributed by atoms with van der Waals surface area (Å²) in [6.07, 6.45) is 68.9. The van der Waals surface area contributed by atoms with Crippen molar-refractivity contribution in [3.63, 3.8) is 0 Å². The Labute approximate surface area is 428 Å². The van der Waals surface area contributed by atoms with Crippen LogP contribution < -0.4 is 10.2 Å². The van der Waals surface area contributed by atoms with Gasteiger partial charge in [-0.3, -0.25) is 9.36 Å². The van der Waals surface area contributed by atoms with Crippen LogP contribution in [0.4, 0.5) is 0 Å².